The van der Waals surface area contributed by atoms with Crippen LogP contribution in [0, 0.1) is 0 Å². The second-order valence-electron chi connectivity index (χ2n) is 6.95. The molecule has 2 unspecified atom stereocenters. The maximum atomic E-state index is 4.54. The largest absolute Gasteiger partial charge is 0.335 e. The number of hydrogen-bond acceptors (Lipinski definition) is 3. The van der Waals surface area contributed by atoms with Gasteiger partial charge in [0.2, 0.25) is 0 Å². The zero-order valence-corrected chi connectivity index (χ0v) is 14.7. The van der Waals surface area contributed by atoms with Crippen molar-refractivity contribution < 1.29 is 0 Å². The van der Waals surface area contributed by atoms with E-state index in [9.17, 15) is 0 Å². The summed E-state index contributed by atoms with van der Waals surface area (Å²) < 4.78 is 4.16. The van der Waals surface area contributed by atoms with Gasteiger partial charge in [-0.25, -0.2) is 9.67 Å². The lowest BCUT2D eigenvalue weighted by molar-refractivity contribution is 0.419. The first-order chi connectivity index (χ1) is 10.4. The van der Waals surface area contributed by atoms with E-state index in [4.69, 9.17) is 0 Å². The summed E-state index contributed by atoms with van der Waals surface area (Å²) in [4.78, 5) is 4.54. The standard InChI is InChI=1S/C17H29N5/c1-12(2)16-10-22(20-19-16)15(6)8-7-14(5)17-9-21(11-18-17)13(3)4/h9-15H,7-8H2,1-6H3. The van der Waals surface area contributed by atoms with Gasteiger partial charge in [0.15, 0.2) is 0 Å². The molecule has 0 radical (unpaired) electrons. The van der Waals surface area contributed by atoms with Crippen molar-refractivity contribution in [2.45, 2.75) is 78.3 Å². The molecule has 0 N–H and O–H groups in total. The fraction of sp³-hybridized carbons (Fsp3) is 0.706. The summed E-state index contributed by atoms with van der Waals surface area (Å²) in [6.07, 6.45) is 8.37. The lowest BCUT2D eigenvalue weighted by atomic mass is 9.99. The van der Waals surface area contributed by atoms with E-state index in [-0.39, 0.29) is 0 Å². The van der Waals surface area contributed by atoms with E-state index >= 15 is 0 Å². The monoisotopic (exact) mass is 303 g/mol. The topological polar surface area (TPSA) is 48.5 Å². The number of aromatic nitrogens is 5. The highest BCUT2D eigenvalue weighted by molar-refractivity contribution is 5.04. The maximum Gasteiger partial charge on any atom is 0.0951 e. The lowest BCUT2D eigenvalue weighted by Gasteiger charge is -2.14. The second-order valence-corrected chi connectivity index (χ2v) is 6.95. The van der Waals surface area contributed by atoms with Gasteiger partial charge in [0.05, 0.1) is 23.8 Å². The van der Waals surface area contributed by atoms with Crippen LogP contribution in [0.3, 0.4) is 0 Å². The molecular weight excluding hydrogens is 274 g/mol. The van der Waals surface area contributed by atoms with Crippen molar-refractivity contribution in [1.82, 2.24) is 24.5 Å². The van der Waals surface area contributed by atoms with Crippen LogP contribution >= 0.6 is 0 Å². The molecule has 2 rings (SSSR count). The SMILES string of the molecule is CC(C)c1cn(C(C)CCC(C)c2cn(C(C)C)cn2)nn1. The Morgan fingerprint density at radius 1 is 0.955 bits per heavy atom. The summed E-state index contributed by atoms with van der Waals surface area (Å²) in [5.74, 6) is 0.899. The number of rotatable bonds is 7. The third-order valence-corrected chi connectivity index (χ3v) is 4.31. The third kappa shape index (κ3) is 3.96. The molecule has 0 saturated carbocycles. The Bertz CT molecular complexity index is 529. The van der Waals surface area contributed by atoms with Crippen LogP contribution in [0.5, 0.6) is 0 Å². The molecule has 0 aliphatic rings. The first-order valence-electron chi connectivity index (χ1n) is 8.33. The average molecular weight is 303 g/mol. The predicted octanol–water partition coefficient (Wildman–Crippen LogP) is 4.32. The van der Waals surface area contributed by atoms with Gasteiger partial charge in [0, 0.05) is 18.4 Å². The van der Waals surface area contributed by atoms with Gasteiger partial charge in [-0.2, -0.15) is 0 Å². The highest BCUT2D eigenvalue weighted by Crippen LogP contribution is 2.24. The van der Waals surface area contributed by atoms with Gasteiger partial charge in [-0.3, -0.25) is 0 Å². The molecular formula is C17H29N5. The highest BCUT2D eigenvalue weighted by Gasteiger charge is 2.14. The molecule has 0 aromatic carbocycles. The first kappa shape index (κ1) is 16.7. The second kappa shape index (κ2) is 7.07. The zero-order chi connectivity index (χ0) is 16.3. The maximum absolute atomic E-state index is 4.54. The molecule has 2 aromatic rings. The van der Waals surface area contributed by atoms with Gasteiger partial charge in [-0.05, 0) is 45.4 Å². The van der Waals surface area contributed by atoms with Crippen LogP contribution in [0.1, 0.15) is 89.7 Å². The molecule has 22 heavy (non-hydrogen) atoms. The Morgan fingerprint density at radius 2 is 1.68 bits per heavy atom. The van der Waals surface area contributed by atoms with E-state index in [0.717, 1.165) is 18.5 Å². The molecule has 2 heterocycles. The van der Waals surface area contributed by atoms with E-state index in [1.165, 1.54) is 5.69 Å². The smallest absolute Gasteiger partial charge is 0.0951 e. The Hall–Kier alpha value is -1.65. The van der Waals surface area contributed by atoms with Crippen molar-refractivity contribution >= 4 is 0 Å². The number of imidazole rings is 1. The van der Waals surface area contributed by atoms with E-state index in [0.29, 0.717) is 23.9 Å². The van der Waals surface area contributed by atoms with Gasteiger partial charge in [0.25, 0.3) is 0 Å². The predicted molar refractivity (Wildman–Crippen MR) is 89.1 cm³/mol. The number of hydrogen-bond donors (Lipinski definition) is 0. The molecule has 0 bridgehead atoms. The van der Waals surface area contributed by atoms with Gasteiger partial charge in [-0.1, -0.05) is 26.0 Å². The molecule has 0 spiro atoms. The summed E-state index contributed by atoms with van der Waals surface area (Å²) in [5, 5.41) is 8.50. The molecule has 5 heteroatoms. The highest BCUT2D eigenvalue weighted by atomic mass is 15.4. The summed E-state index contributed by atoms with van der Waals surface area (Å²) in [6.45, 7) is 13.1. The third-order valence-electron chi connectivity index (χ3n) is 4.31. The fourth-order valence-corrected chi connectivity index (χ4v) is 2.43. The summed E-state index contributed by atoms with van der Waals surface area (Å²) in [7, 11) is 0. The Labute approximate surface area is 133 Å². The van der Waals surface area contributed by atoms with Crippen molar-refractivity contribution in [3.63, 3.8) is 0 Å². The Balaban J connectivity index is 1.90. The van der Waals surface area contributed by atoms with Crippen molar-refractivity contribution in [3.8, 4) is 0 Å². The van der Waals surface area contributed by atoms with E-state index < -0.39 is 0 Å². The van der Waals surface area contributed by atoms with Crippen molar-refractivity contribution in [2.75, 3.05) is 0 Å². The quantitative estimate of drug-likeness (QED) is 0.765. The molecule has 0 aliphatic carbocycles. The molecule has 0 aliphatic heterocycles. The fourth-order valence-electron chi connectivity index (χ4n) is 2.43. The van der Waals surface area contributed by atoms with Crippen LogP contribution in [-0.4, -0.2) is 24.5 Å². The summed E-state index contributed by atoms with van der Waals surface area (Å²) in [6, 6.07) is 0.839. The summed E-state index contributed by atoms with van der Waals surface area (Å²) >= 11 is 0. The molecule has 5 nitrogen and oxygen atoms in total. The minimum Gasteiger partial charge on any atom is -0.335 e. The average Bonchev–Trinajstić information content (AvgIpc) is 3.12. The zero-order valence-electron chi connectivity index (χ0n) is 14.7. The molecule has 0 amide bonds. The summed E-state index contributed by atoms with van der Waals surface area (Å²) in [5.41, 5.74) is 2.25. The lowest BCUT2D eigenvalue weighted by Crippen LogP contribution is -2.08. The first-order valence-corrected chi connectivity index (χ1v) is 8.33. The molecule has 122 valence electrons. The molecule has 2 atom stereocenters. The molecule has 0 saturated heterocycles. The van der Waals surface area contributed by atoms with Crippen LogP contribution in [0.2, 0.25) is 0 Å². The van der Waals surface area contributed by atoms with E-state index in [2.05, 4.69) is 73.8 Å². The van der Waals surface area contributed by atoms with Crippen LogP contribution < -0.4 is 0 Å². The van der Waals surface area contributed by atoms with Crippen LogP contribution in [-0.2, 0) is 0 Å². The Morgan fingerprint density at radius 3 is 2.23 bits per heavy atom. The van der Waals surface area contributed by atoms with Crippen LogP contribution in [0.4, 0.5) is 0 Å². The normalized spacial score (nSPS) is 14.7. The van der Waals surface area contributed by atoms with Gasteiger partial charge in [-0.15, -0.1) is 5.10 Å². The number of nitrogens with zero attached hydrogens (tertiary/aromatic N) is 5. The minimum atomic E-state index is 0.370. The van der Waals surface area contributed by atoms with Gasteiger partial charge in [0.1, 0.15) is 0 Å². The van der Waals surface area contributed by atoms with Crippen LogP contribution in [0.25, 0.3) is 0 Å². The van der Waals surface area contributed by atoms with Gasteiger partial charge < -0.3 is 4.57 Å². The van der Waals surface area contributed by atoms with E-state index in [1.807, 2.05) is 11.0 Å². The Kier molecular flexibility index (Phi) is 5.37. The van der Waals surface area contributed by atoms with Crippen molar-refractivity contribution in [3.05, 3.63) is 30.1 Å². The molecule has 2 aromatic heterocycles. The van der Waals surface area contributed by atoms with Gasteiger partial charge >= 0.3 is 0 Å². The van der Waals surface area contributed by atoms with E-state index in [1.54, 1.807) is 0 Å². The van der Waals surface area contributed by atoms with Crippen LogP contribution in [0.15, 0.2) is 18.7 Å². The minimum absolute atomic E-state index is 0.370. The molecule has 0 fully saturated rings. The van der Waals surface area contributed by atoms with Crippen molar-refractivity contribution in [1.29, 1.82) is 0 Å². The van der Waals surface area contributed by atoms with Crippen molar-refractivity contribution in [2.24, 2.45) is 0 Å².